The number of hydrogen-bond donors (Lipinski definition) is 0. The third-order valence-corrected chi connectivity index (χ3v) is 3.01. The van der Waals surface area contributed by atoms with Gasteiger partial charge in [0, 0.05) is 23.9 Å². The molecule has 1 fully saturated rings. The van der Waals surface area contributed by atoms with Crippen LogP contribution >= 0.6 is 0 Å². The molecule has 0 bridgehead atoms. The van der Waals surface area contributed by atoms with Gasteiger partial charge in [0.25, 0.3) is 5.78 Å². The Labute approximate surface area is 111 Å². The number of nitrogens with zero attached hydrogens (tertiary/aromatic N) is 3. The van der Waals surface area contributed by atoms with E-state index < -0.39 is 17.5 Å². The Bertz CT molecular complexity index is 640. The number of halogens is 3. The standard InChI is InChI=1S/C12H10F3N3O2/c13-12(14,15)10(19)8-3-4-18(5-8)6-9-16-11(17-20-9)7-1-2-7/h3-5,7H,1-2,6H2. The highest BCUT2D eigenvalue weighted by molar-refractivity contribution is 6.00. The van der Waals surface area contributed by atoms with Gasteiger partial charge in [-0.15, -0.1) is 0 Å². The summed E-state index contributed by atoms with van der Waals surface area (Å²) in [4.78, 5) is 15.2. The van der Waals surface area contributed by atoms with Gasteiger partial charge in [0.2, 0.25) is 5.89 Å². The molecule has 0 saturated heterocycles. The normalized spacial score (nSPS) is 15.6. The summed E-state index contributed by atoms with van der Waals surface area (Å²) in [5.41, 5.74) is -0.403. The number of aromatic nitrogens is 3. The van der Waals surface area contributed by atoms with E-state index in [2.05, 4.69) is 10.1 Å². The summed E-state index contributed by atoms with van der Waals surface area (Å²) in [5, 5.41) is 3.81. The van der Waals surface area contributed by atoms with E-state index in [4.69, 9.17) is 4.52 Å². The van der Waals surface area contributed by atoms with Crippen molar-refractivity contribution < 1.29 is 22.5 Å². The Balaban J connectivity index is 1.71. The fourth-order valence-electron chi connectivity index (χ4n) is 1.83. The Morgan fingerprint density at radius 2 is 2.20 bits per heavy atom. The zero-order valence-electron chi connectivity index (χ0n) is 10.2. The lowest BCUT2D eigenvalue weighted by molar-refractivity contribution is -0.0885. The number of Topliss-reactive ketones (excluding diaryl/α,β-unsaturated/α-hetero) is 1. The van der Waals surface area contributed by atoms with Gasteiger partial charge in [-0.25, -0.2) is 0 Å². The number of hydrogen-bond acceptors (Lipinski definition) is 4. The van der Waals surface area contributed by atoms with Crippen LogP contribution in [0.1, 0.15) is 40.8 Å². The van der Waals surface area contributed by atoms with Crippen molar-refractivity contribution in [2.45, 2.75) is 31.5 Å². The van der Waals surface area contributed by atoms with Crippen LogP contribution < -0.4 is 0 Å². The van der Waals surface area contributed by atoms with E-state index >= 15 is 0 Å². The first-order valence-corrected chi connectivity index (χ1v) is 6.03. The minimum absolute atomic E-state index is 0.144. The monoisotopic (exact) mass is 285 g/mol. The number of ketones is 1. The molecule has 1 aliphatic carbocycles. The first kappa shape index (κ1) is 12.9. The zero-order chi connectivity index (χ0) is 14.3. The first-order chi connectivity index (χ1) is 9.43. The fraction of sp³-hybridized carbons (Fsp3) is 0.417. The lowest BCUT2D eigenvalue weighted by Gasteiger charge is -2.02. The Morgan fingerprint density at radius 1 is 1.45 bits per heavy atom. The molecule has 3 rings (SSSR count). The Kier molecular flexibility index (Phi) is 2.88. The van der Waals surface area contributed by atoms with Crippen LogP contribution in [0.5, 0.6) is 0 Å². The summed E-state index contributed by atoms with van der Waals surface area (Å²) in [6, 6.07) is 1.12. The van der Waals surface area contributed by atoms with Gasteiger partial charge in [-0.3, -0.25) is 4.79 Å². The second-order valence-corrected chi connectivity index (χ2v) is 4.72. The first-order valence-electron chi connectivity index (χ1n) is 6.03. The average molecular weight is 285 g/mol. The van der Waals surface area contributed by atoms with E-state index in [1.165, 1.54) is 10.8 Å². The van der Waals surface area contributed by atoms with Crippen LogP contribution in [0.4, 0.5) is 13.2 Å². The summed E-state index contributed by atoms with van der Waals surface area (Å²) in [6.45, 7) is 0.144. The van der Waals surface area contributed by atoms with Gasteiger partial charge in [0.05, 0.1) is 0 Å². The fourth-order valence-corrected chi connectivity index (χ4v) is 1.83. The average Bonchev–Trinajstić information content (AvgIpc) is 2.95. The van der Waals surface area contributed by atoms with Crippen molar-refractivity contribution in [1.82, 2.24) is 14.7 Å². The van der Waals surface area contributed by atoms with E-state index in [1.54, 1.807) is 0 Å². The molecule has 5 nitrogen and oxygen atoms in total. The molecule has 0 radical (unpaired) electrons. The second-order valence-electron chi connectivity index (χ2n) is 4.72. The molecule has 2 heterocycles. The topological polar surface area (TPSA) is 60.9 Å². The molecule has 20 heavy (non-hydrogen) atoms. The highest BCUT2D eigenvalue weighted by atomic mass is 19.4. The summed E-state index contributed by atoms with van der Waals surface area (Å²) in [7, 11) is 0. The molecular formula is C12H10F3N3O2. The lowest BCUT2D eigenvalue weighted by Crippen LogP contribution is -2.22. The molecule has 0 spiro atoms. The smallest absolute Gasteiger partial charge is 0.344 e. The summed E-state index contributed by atoms with van der Waals surface area (Å²) in [6.07, 6.45) is -0.300. The van der Waals surface area contributed by atoms with Gasteiger partial charge in [0.1, 0.15) is 6.54 Å². The number of carbonyl (C=O) groups excluding carboxylic acids is 1. The predicted molar refractivity (Wildman–Crippen MR) is 60.2 cm³/mol. The van der Waals surface area contributed by atoms with Gasteiger partial charge in [0.15, 0.2) is 5.82 Å². The van der Waals surface area contributed by atoms with Crippen molar-refractivity contribution in [2.24, 2.45) is 0 Å². The van der Waals surface area contributed by atoms with Crippen LogP contribution in [0, 0.1) is 0 Å². The van der Waals surface area contributed by atoms with Crippen molar-refractivity contribution >= 4 is 5.78 Å². The van der Waals surface area contributed by atoms with Gasteiger partial charge < -0.3 is 9.09 Å². The second kappa shape index (κ2) is 4.46. The van der Waals surface area contributed by atoms with Crippen molar-refractivity contribution in [3.63, 3.8) is 0 Å². The highest BCUT2D eigenvalue weighted by Gasteiger charge is 2.39. The van der Waals surface area contributed by atoms with Crippen LogP contribution in [-0.4, -0.2) is 26.7 Å². The van der Waals surface area contributed by atoms with Crippen LogP contribution in [0.2, 0.25) is 0 Å². The number of carbonyl (C=O) groups is 1. The van der Waals surface area contributed by atoms with E-state index in [9.17, 15) is 18.0 Å². The van der Waals surface area contributed by atoms with Gasteiger partial charge in [-0.05, 0) is 18.9 Å². The maximum absolute atomic E-state index is 12.3. The Morgan fingerprint density at radius 3 is 2.85 bits per heavy atom. The molecule has 0 amide bonds. The molecule has 0 atom stereocenters. The predicted octanol–water partition coefficient (Wildman–Crippen LogP) is 2.54. The summed E-state index contributed by atoms with van der Waals surface area (Å²) < 4.78 is 43.2. The quantitative estimate of drug-likeness (QED) is 0.810. The maximum Gasteiger partial charge on any atom is 0.454 e. The molecule has 1 aliphatic rings. The van der Waals surface area contributed by atoms with Crippen LogP contribution in [0.25, 0.3) is 0 Å². The van der Waals surface area contributed by atoms with Gasteiger partial charge in [-0.1, -0.05) is 5.16 Å². The minimum Gasteiger partial charge on any atom is -0.344 e. The third-order valence-electron chi connectivity index (χ3n) is 3.01. The molecule has 2 aromatic rings. The largest absolute Gasteiger partial charge is 0.454 e. The molecule has 0 aromatic carbocycles. The van der Waals surface area contributed by atoms with Gasteiger partial charge in [-0.2, -0.15) is 18.2 Å². The van der Waals surface area contributed by atoms with Crippen molar-refractivity contribution in [2.75, 3.05) is 0 Å². The van der Waals surface area contributed by atoms with Crippen molar-refractivity contribution in [3.05, 3.63) is 35.7 Å². The minimum atomic E-state index is -4.87. The zero-order valence-corrected chi connectivity index (χ0v) is 10.2. The molecule has 2 aromatic heterocycles. The van der Waals surface area contributed by atoms with E-state index in [-0.39, 0.29) is 6.54 Å². The molecule has 0 N–H and O–H groups in total. The Hall–Kier alpha value is -2.12. The highest BCUT2D eigenvalue weighted by Crippen LogP contribution is 2.38. The molecule has 1 saturated carbocycles. The maximum atomic E-state index is 12.3. The van der Waals surface area contributed by atoms with E-state index in [0.717, 1.165) is 25.1 Å². The van der Waals surface area contributed by atoms with E-state index in [1.807, 2.05) is 0 Å². The molecule has 0 unspecified atom stereocenters. The summed E-state index contributed by atoms with van der Waals surface area (Å²) >= 11 is 0. The van der Waals surface area contributed by atoms with E-state index in [0.29, 0.717) is 17.6 Å². The van der Waals surface area contributed by atoms with Gasteiger partial charge >= 0.3 is 6.18 Å². The van der Waals surface area contributed by atoms with Crippen molar-refractivity contribution in [3.8, 4) is 0 Å². The van der Waals surface area contributed by atoms with Crippen LogP contribution in [0.15, 0.2) is 23.0 Å². The number of alkyl halides is 3. The molecule has 106 valence electrons. The lowest BCUT2D eigenvalue weighted by atomic mass is 10.2. The SMILES string of the molecule is O=C(c1ccn(Cc2nc(C3CC3)no2)c1)C(F)(F)F. The molecular weight excluding hydrogens is 275 g/mol. The molecule has 0 aliphatic heterocycles. The van der Waals surface area contributed by atoms with Crippen molar-refractivity contribution in [1.29, 1.82) is 0 Å². The van der Waals surface area contributed by atoms with Crippen LogP contribution in [-0.2, 0) is 6.54 Å². The third kappa shape index (κ3) is 2.59. The summed E-state index contributed by atoms with van der Waals surface area (Å²) in [5.74, 6) is -0.563. The number of rotatable bonds is 4. The van der Waals surface area contributed by atoms with Crippen LogP contribution in [0.3, 0.4) is 0 Å². The molecule has 8 heteroatoms.